The summed E-state index contributed by atoms with van der Waals surface area (Å²) in [6.45, 7) is 2.55. The van der Waals surface area contributed by atoms with Crippen molar-refractivity contribution in [2.75, 3.05) is 19.8 Å². The lowest BCUT2D eigenvalue weighted by Gasteiger charge is -2.31. The SMILES string of the molecule is CC(C(=O)O)n1cc(-c2ccc(C(=O)N3CCC(CCF)CC3)cc2)nn1. The fourth-order valence-corrected chi connectivity index (χ4v) is 3.26. The van der Waals surface area contributed by atoms with Crippen LogP contribution in [-0.4, -0.2) is 56.6 Å². The molecule has 0 saturated carbocycles. The number of aliphatic carboxylic acids is 1. The van der Waals surface area contributed by atoms with Crippen molar-refractivity contribution < 1.29 is 19.1 Å². The molecule has 144 valence electrons. The molecule has 27 heavy (non-hydrogen) atoms. The molecule has 2 heterocycles. The van der Waals surface area contributed by atoms with Crippen LogP contribution in [0.3, 0.4) is 0 Å². The smallest absolute Gasteiger partial charge is 0.328 e. The average molecular weight is 374 g/mol. The summed E-state index contributed by atoms with van der Waals surface area (Å²) in [6, 6.07) is 6.24. The number of carbonyl (C=O) groups is 2. The van der Waals surface area contributed by atoms with E-state index in [1.165, 1.54) is 11.6 Å². The summed E-state index contributed by atoms with van der Waals surface area (Å²) in [5.74, 6) is -0.636. The Morgan fingerprint density at radius 2 is 1.93 bits per heavy atom. The van der Waals surface area contributed by atoms with Crippen molar-refractivity contribution in [2.45, 2.75) is 32.2 Å². The van der Waals surface area contributed by atoms with Crippen LogP contribution in [0.2, 0.25) is 0 Å². The molecule has 1 fully saturated rings. The zero-order valence-electron chi connectivity index (χ0n) is 15.2. The number of alkyl halides is 1. The summed E-state index contributed by atoms with van der Waals surface area (Å²) in [5.41, 5.74) is 1.90. The Morgan fingerprint density at radius 1 is 1.26 bits per heavy atom. The Hall–Kier alpha value is -2.77. The topological polar surface area (TPSA) is 88.3 Å². The fourth-order valence-electron chi connectivity index (χ4n) is 3.26. The fraction of sp³-hybridized carbons (Fsp3) is 0.474. The summed E-state index contributed by atoms with van der Waals surface area (Å²) in [5, 5.41) is 16.9. The quantitative estimate of drug-likeness (QED) is 0.840. The summed E-state index contributed by atoms with van der Waals surface area (Å²) in [7, 11) is 0. The average Bonchev–Trinajstić information content (AvgIpc) is 3.18. The predicted molar refractivity (Wildman–Crippen MR) is 97.0 cm³/mol. The van der Waals surface area contributed by atoms with Gasteiger partial charge in [-0.3, -0.25) is 9.18 Å². The number of piperidine rings is 1. The van der Waals surface area contributed by atoms with Crippen molar-refractivity contribution in [1.82, 2.24) is 19.9 Å². The molecule has 1 aliphatic heterocycles. The number of carboxylic acid groups (broad SMARTS) is 1. The minimum absolute atomic E-state index is 0.0246. The van der Waals surface area contributed by atoms with E-state index in [1.54, 1.807) is 30.5 Å². The second-order valence-corrected chi connectivity index (χ2v) is 6.89. The van der Waals surface area contributed by atoms with Crippen LogP contribution in [0.1, 0.15) is 42.6 Å². The van der Waals surface area contributed by atoms with Crippen molar-refractivity contribution in [3.8, 4) is 11.3 Å². The van der Waals surface area contributed by atoms with E-state index in [0.29, 0.717) is 36.7 Å². The van der Waals surface area contributed by atoms with Gasteiger partial charge in [-0.05, 0) is 44.2 Å². The normalized spacial score (nSPS) is 16.3. The summed E-state index contributed by atoms with van der Waals surface area (Å²) in [4.78, 5) is 25.5. The maximum absolute atomic E-state index is 12.6. The molecule has 1 N–H and O–H groups in total. The van der Waals surface area contributed by atoms with Gasteiger partial charge in [-0.1, -0.05) is 17.3 Å². The third-order valence-electron chi connectivity index (χ3n) is 5.11. The third-order valence-corrected chi connectivity index (χ3v) is 5.11. The molecule has 1 atom stereocenters. The van der Waals surface area contributed by atoms with Crippen molar-refractivity contribution in [2.24, 2.45) is 5.92 Å². The van der Waals surface area contributed by atoms with Gasteiger partial charge in [0.15, 0.2) is 0 Å². The molecule has 1 aromatic heterocycles. The first-order chi connectivity index (χ1) is 13.0. The number of hydrogen-bond donors (Lipinski definition) is 1. The van der Waals surface area contributed by atoms with Gasteiger partial charge in [0.2, 0.25) is 0 Å². The van der Waals surface area contributed by atoms with Gasteiger partial charge in [0.1, 0.15) is 11.7 Å². The van der Waals surface area contributed by atoms with E-state index in [0.717, 1.165) is 18.4 Å². The third kappa shape index (κ3) is 4.32. The lowest BCUT2D eigenvalue weighted by atomic mass is 9.93. The number of amides is 1. The summed E-state index contributed by atoms with van der Waals surface area (Å²) >= 11 is 0. The van der Waals surface area contributed by atoms with E-state index in [1.807, 2.05) is 4.90 Å². The number of halogens is 1. The molecule has 0 aliphatic carbocycles. The lowest BCUT2D eigenvalue weighted by molar-refractivity contribution is -0.140. The number of carboxylic acids is 1. The van der Waals surface area contributed by atoms with E-state index >= 15 is 0 Å². The van der Waals surface area contributed by atoms with E-state index < -0.39 is 12.0 Å². The standard InChI is InChI=1S/C19H23FN4O3/c1-13(19(26)27)24-12-17(21-22-24)15-2-4-16(5-3-15)18(25)23-10-7-14(6-9-20)8-11-23/h2-5,12-14H,6-11H2,1H3,(H,26,27). The molecule has 1 amide bonds. The van der Waals surface area contributed by atoms with Gasteiger partial charge in [0, 0.05) is 24.2 Å². The van der Waals surface area contributed by atoms with E-state index in [9.17, 15) is 14.0 Å². The molecule has 1 saturated heterocycles. The van der Waals surface area contributed by atoms with Crippen LogP contribution in [0.4, 0.5) is 4.39 Å². The van der Waals surface area contributed by atoms with Gasteiger partial charge in [-0.15, -0.1) is 5.10 Å². The molecular weight excluding hydrogens is 351 g/mol. The van der Waals surface area contributed by atoms with Crippen molar-refractivity contribution in [1.29, 1.82) is 0 Å². The van der Waals surface area contributed by atoms with E-state index in [2.05, 4.69) is 10.3 Å². The number of nitrogens with zero attached hydrogens (tertiary/aromatic N) is 4. The molecule has 2 aromatic rings. The number of benzene rings is 1. The minimum Gasteiger partial charge on any atom is -0.480 e. The summed E-state index contributed by atoms with van der Waals surface area (Å²) < 4.78 is 13.7. The maximum Gasteiger partial charge on any atom is 0.328 e. The van der Waals surface area contributed by atoms with Crippen LogP contribution in [0, 0.1) is 5.92 Å². The molecule has 8 heteroatoms. The Balaban J connectivity index is 1.65. The summed E-state index contributed by atoms with van der Waals surface area (Å²) in [6.07, 6.45) is 3.85. The van der Waals surface area contributed by atoms with Crippen molar-refractivity contribution >= 4 is 11.9 Å². The van der Waals surface area contributed by atoms with Crippen LogP contribution in [0.25, 0.3) is 11.3 Å². The zero-order chi connectivity index (χ0) is 19.4. The zero-order valence-corrected chi connectivity index (χ0v) is 15.2. The van der Waals surface area contributed by atoms with Gasteiger partial charge >= 0.3 is 5.97 Å². The van der Waals surface area contributed by atoms with Crippen molar-refractivity contribution in [3.63, 3.8) is 0 Å². The molecule has 0 radical (unpaired) electrons. The molecule has 3 rings (SSSR count). The van der Waals surface area contributed by atoms with Crippen LogP contribution in [-0.2, 0) is 4.79 Å². The van der Waals surface area contributed by atoms with Crippen LogP contribution in [0.15, 0.2) is 30.5 Å². The highest BCUT2D eigenvalue weighted by atomic mass is 19.1. The molecule has 1 aliphatic rings. The second-order valence-electron chi connectivity index (χ2n) is 6.89. The molecule has 0 bridgehead atoms. The van der Waals surface area contributed by atoms with E-state index in [4.69, 9.17) is 5.11 Å². The molecule has 1 aromatic carbocycles. The van der Waals surface area contributed by atoms with Crippen LogP contribution < -0.4 is 0 Å². The van der Waals surface area contributed by atoms with Gasteiger partial charge in [0.25, 0.3) is 5.91 Å². The Morgan fingerprint density at radius 3 is 2.52 bits per heavy atom. The van der Waals surface area contributed by atoms with E-state index in [-0.39, 0.29) is 12.6 Å². The van der Waals surface area contributed by atoms with Gasteiger partial charge in [0.05, 0.1) is 12.9 Å². The monoisotopic (exact) mass is 374 g/mol. The molecular formula is C19H23FN4O3. The highest BCUT2D eigenvalue weighted by molar-refractivity contribution is 5.94. The Bertz CT molecular complexity index is 798. The van der Waals surface area contributed by atoms with Crippen LogP contribution in [0.5, 0.6) is 0 Å². The Kier molecular flexibility index (Phi) is 5.83. The lowest BCUT2D eigenvalue weighted by Crippen LogP contribution is -2.38. The number of rotatable bonds is 6. The van der Waals surface area contributed by atoms with Crippen LogP contribution >= 0.6 is 0 Å². The molecule has 0 spiro atoms. The number of carbonyl (C=O) groups excluding carboxylic acids is 1. The first-order valence-electron chi connectivity index (χ1n) is 9.10. The van der Waals surface area contributed by atoms with Gasteiger partial charge < -0.3 is 10.0 Å². The number of aromatic nitrogens is 3. The number of likely N-dealkylation sites (tertiary alicyclic amines) is 1. The van der Waals surface area contributed by atoms with Gasteiger partial charge in [-0.25, -0.2) is 9.48 Å². The highest BCUT2D eigenvalue weighted by Crippen LogP contribution is 2.23. The van der Waals surface area contributed by atoms with Gasteiger partial charge in [-0.2, -0.15) is 0 Å². The van der Waals surface area contributed by atoms with Crippen molar-refractivity contribution in [3.05, 3.63) is 36.0 Å². The Labute approximate surface area is 156 Å². The first kappa shape index (κ1) is 19.0. The minimum atomic E-state index is -0.984. The first-order valence-corrected chi connectivity index (χ1v) is 9.10. The molecule has 7 nitrogen and oxygen atoms in total. The largest absolute Gasteiger partial charge is 0.480 e. The molecule has 1 unspecified atom stereocenters. The second kappa shape index (κ2) is 8.28. The number of hydrogen-bond acceptors (Lipinski definition) is 4. The predicted octanol–water partition coefficient (Wildman–Crippen LogP) is 2.80. The maximum atomic E-state index is 12.6. The highest BCUT2D eigenvalue weighted by Gasteiger charge is 2.23.